The summed E-state index contributed by atoms with van der Waals surface area (Å²) in [7, 11) is -3.67. The number of aryl methyl sites for hydroxylation is 1. The van der Waals surface area contributed by atoms with Crippen molar-refractivity contribution in [3.8, 4) is 0 Å². The van der Waals surface area contributed by atoms with E-state index in [0.717, 1.165) is 23.7 Å². The molecule has 6 rings (SSSR count). The molecule has 6 nitrogen and oxygen atoms in total. The molecule has 2 atom stereocenters. The Hall–Kier alpha value is -3.04. The van der Waals surface area contributed by atoms with E-state index in [-0.39, 0.29) is 24.5 Å². The van der Waals surface area contributed by atoms with Crippen molar-refractivity contribution in [1.82, 2.24) is 14.1 Å². The summed E-state index contributed by atoms with van der Waals surface area (Å²) in [5, 5.41) is 4.06. The van der Waals surface area contributed by atoms with Gasteiger partial charge in [0.25, 0.3) is 0 Å². The van der Waals surface area contributed by atoms with Crippen molar-refractivity contribution in [2.24, 2.45) is 0 Å². The SMILES string of the molecule is Cc1ccc([C@@H]2c3ccsc3CCN2CC(=O)N2CCN(S(=O)(=O)c3ccc4ccccc4c3)[C@@H](C)C2)cc1. The molecule has 8 heteroatoms. The Morgan fingerprint density at radius 2 is 1.72 bits per heavy atom. The van der Waals surface area contributed by atoms with E-state index in [1.54, 1.807) is 27.8 Å². The van der Waals surface area contributed by atoms with Crippen LogP contribution in [0, 0.1) is 6.92 Å². The lowest BCUT2D eigenvalue weighted by molar-refractivity contribution is -0.135. The van der Waals surface area contributed by atoms with Crippen molar-refractivity contribution in [3.63, 3.8) is 0 Å². The lowest BCUT2D eigenvalue weighted by Crippen LogP contribution is -2.57. The van der Waals surface area contributed by atoms with Crippen LogP contribution in [0.25, 0.3) is 10.8 Å². The summed E-state index contributed by atoms with van der Waals surface area (Å²) in [6, 6.07) is 23.6. The molecule has 202 valence electrons. The van der Waals surface area contributed by atoms with Crippen LogP contribution in [0.5, 0.6) is 0 Å². The number of hydrogen-bond acceptors (Lipinski definition) is 5. The van der Waals surface area contributed by atoms with Gasteiger partial charge in [-0.3, -0.25) is 9.69 Å². The molecule has 0 radical (unpaired) electrons. The highest BCUT2D eigenvalue weighted by atomic mass is 32.2. The van der Waals surface area contributed by atoms with Crippen LogP contribution in [0.3, 0.4) is 0 Å². The molecule has 4 aromatic rings. The molecular weight excluding hydrogens is 526 g/mol. The average molecular weight is 560 g/mol. The highest BCUT2D eigenvalue weighted by Gasteiger charge is 2.37. The molecule has 0 N–H and O–H groups in total. The Labute approximate surface area is 234 Å². The third-order valence-electron chi connectivity index (χ3n) is 8.04. The van der Waals surface area contributed by atoms with Crippen LogP contribution in [0.4, 0.5) is 0 Å². The minimum atomic E-state index is -3.67. The quantitative estimate of drug-likeness (QED) is 0.342. The first-order valence-electron chi connectivity index (χ1n) is 13.5. The molecular formula is C31H33N3O3S2. The lowest BCUT2D eigenvalue weighted by atomic mass is 9.92. The molecule has 1 fully saturated rings. The highest BCUT2D eigenvalue weighted by molar-refractivity contribution is 7.89. The molecule has 0 aliphatic carbocycles. The largest absolute Gasteiger partial charge is 0.339 e. The van der Waals surface area contributed by atoms with Gasteiger partial charge < -0.3 is 4.90 Å². The molecule has 1 saturated heterocycles. The maximum atomic E-state index is 13.6. The van der Waals surface area contributed by atoms with Crippen molar-refractivity contribution in [1.29, 1.82) is 0 Å². The van der Waals surface area contributed by atoms with Crippen molar-refractivity contribution in [2.75, 3.05) is 32.7 Å². The van der Waals surface area contributed by atoms with Gasteiger partial charge >= 0.3 is 0 Å². The zero-order valence-electron chi connectivity index (χ0n) is 22.3. The number of fused-ring (bicyclic) bond motifs is 2. The predicted molar refractivity (Wildman–Crippen MR) is 156 cm³/mol. The Balaban J connectivity index is 1.17. The fourth-order valence-corrected chi connectivity index (χ4v) is 8.49. The number of rotatable bonds is 5. The minimum absolute atomic E-state index is 0.0524. The van der Waals surface area contributed by atoms with E-state index < -0.39 is 10.0 Å². The van der Waals surface area contributed by atoms with E-state index in [0.29, 0.717) is 24.5 Å². The highest BCUT2D eigenvalue weighted by Crippen LogP contribution is 2.38. The first kappa shape index (κ1) is 26.2. The smallest absolute Gasteiger partial charge is 0.243 e. The van der Waals surface area contributed by atoms with Gasteiger partial charge in [-0.2, -0.15) is 4.31 Å². The van der Waals surface area contributed by atoms with Crippen molar-refractivity contribution in [3.05, 3.63) is 99.7 Å². The molecule has 0 unspecified atom stereocenters. The normalized spacial score (nSPS) is 20.7. The molecule has 2 aliphatic rings. The summed E-state index contributed by atoms with van der Waals surface area (Å²) >= 11 is 1.79. The fraction of sp³-hybridized carbons (Fsp3) is 0.323. The number of benzene rings is 3. The zero-order valence-corrected chi connectivity index (χ0v) is 23.9. The molecule has 0 saturated carbocycles. The average Bonchev–Trinajstić information content (AvgIpc) is 3.42. The van der Waals surface area contributed by atoms with Crippen LogP contribution >= 0.6 is 11.3 Å². The summed E-state index contributed by atoms with van der Waals surface area (Å²) in [5.41, 5.74) is 3.71. The number of carbonyl (C=O) groups excluding carboxylic acids is 1. The summed E-state index contributed by atoms with van der Waals surface area (Å²) in [6.45, 7) is 6.19. The topological polar surface area (TPSA) is 60.9 Å². The van der Waals surface area contributed by atoms with E-state index in [1.807, 2.05) is 42.2 Å². The molecule has 39 heavy (non-hydrogen) atoms. The van der Waals surface area contributed by atoms with E-state index >= 15 is 0 Å². The second kappa shape index (κ2) is 10.5. The number of carbonyl (C=O) groups is 1. The predicted octanol–water partition coefficient (Wildman–Crippen LogP) is 5.08. The molecule has 3 heterocycles. The van der Waals surface area contributed by atoms with E-state index in [9.17, 15) is 13.2 Å². The summed E-state index contributed by atoms with van der Waals surface area (Å²) < 4.78 is 28.7. The van der Waals surface area contributed by atoms with E-state index in [1.165, 1.54) is 21.6 Å². The monoisotopic (exact) mass is 559 g/mol. The molecule has 0 bridgehead atoms. The maximum Gasteiger partial charge on any atom is 0.243 e. The van der Waals surface area contributed by atoms with Gasteiger partial charge in [-0.15, -0.1) is 11.3 Å². The Kier molecular flexibility index (Phi) is 7.05. The molecule has 0 spiro atoms. The number of piperazine rings is 1. The third kappa shape index (κ3) is 5.02. The number of amides is 1. The minimum Gasteiger partial charge on any atom is -0.339 e. The van der Waals surface area contributed by atoms with E-state index in [2.05, 4.69) is 47.5 Å². The van der Waals surface area contributed by atoms with Crippen LogP contribution < -0.4 is 0 Å². The van der Waals surface area contributed by atoms with Gasteiger partial charge in [0.1, 0.15) is 0 Å². The van der Waals surface area contributed by atoms with Gasteiger partial charge in [-0.05, 0) is 65.7 Å². The van der Waals surface area contributed by atoms with Gasteiger partial charge in [-0.1, -0.05) is 60.2 Å². The van der Waals surface area contributed by atoms with Gasteiger partial charge in [0.15, 0.2) is 0 Å². The summed E-state index contributed by atoms with van der Waals surface area (Å²) in [4.78, 5) is 19.4. The van der Waals surface area contributed by atoms with Gasteiger partial charge in [0, 0.05) is 37.1 Å². The van der Waals surface area contributed by atoms with E-state index in [4.69, 9.17) is 0 Å². The van der Waals surface area contributed by atoms with Crippen molar-refractivity contribution in [2.45, 2.75) is 37.2 Å². The number of nitrogens with zero attached hydrogens (tertiary/aromatic N) is 3. The number of thiophene rings is 1. The van der Waals surface area contributed by atoms with Crippen molar-refractivity contribution < 1.29 is 13.2 Å². The maximum absolute atomic E-state index is 13.6. The van der Waals surface area contributed by atoms with Crippen LogP contribution in [0.15, 0.2) is 83.1 Å². The van der Waals surface area contributed by atoms with Gasteiger partial charge in [-0.25, -0.2) is 8.42 Å². The second-order valence-electron chi connectivity index (χ2n) is 10.6. The van der Waals surface area contributed by atoms with Crippen molar-refractivity contribution >= 4 is 38.0 Å². The fourth-order valence-electron chi connectivity index (χ4n) is 5.94. The standard InChI is InChI=1S/C31H33N3O3S2/c1-22-7-9-25(10-8-22)31-28-14-18-38-29(28)13-15-33(31)21-30(35)32-16-17-34(23(2)20-32)39(36,37)27-12-11-24-5-3-4-6-26(24)19-27/h3-12,14,18-19,23,31H,13,15-17,20-21H2,1-2H3/t23-,31+/m0/s1. The lowest BCUT2D eigenvalue weighted by Gasteiger charge is -2.41. The van der Waals surface area contributed by atoms with Crippen LogP contribution in [-0.4, -0.2) is 67.2 Å². The summed E-state index contributed by atoms with van der Waals surface area (Å²) in [5.74, 6) is 0.0559. The third-order valence-corrected chi connectivity index (χ3v) is 11.0. The Bertz CT molecular complexity index is 1610. The van der Waals surface area contributed by atoms with Crippen LogP contribution in [0.2, 0.25) is 0 Å². The molecule has 1 aromatic heterocycles. The van der Waals surface area contributed by atoms with Crippen LogP contribution in [0.1, 0.15) is 34.5 Å². The Morgan fingerprint density at radius 3 is 2.49 bits per heavy atom. The first-order chi connectivity index (χ1) is 18.8. The molecule has 2 aliphatic heterocycles. The molecule has 1 amide bonds. The van der Waals surface area contributed by atoms with Gasteiger partial charge in [0.05, 0.1) is 17.5 Å². The Morgan fingerprint density at radius 1 is 0.949 bits per heavy atom. The van der Waals surface area contributed by atoms with Crippen LogP contribution in [-0.2, 0) is 21.2 Å². The molecule has 3 aromatic carbocycles. The second-order valence-corrected chi connectivity index (χ2v) is 13.5. The first-order valence-corrected chi connectivity index (χ1v) is 15.8. The summed E-state index contributed by atoms with van der Waals surface area (Å²) in [6.07, 6.45) is 0.941. The number of sulfonamides is 1. The number of hydrogen-bond donors (Lipinski definition) is 0. The van der Waals surface area contributed by atoms with Gasteiger partial charge in [0.2, 0.25) is 15.9 Å². The zero-order chi connectivity index (χ0) is 27.1.